The number of carbonyl (C=O) groups is 1. The van der Waals surface area contributed by atoms with Crippen molar-refractivity contribution >= 4 is 23.1 Å². The number of benzene rings is 1. The number of para-hydroxylation sites is 1. The first-order chi connectivity index (χ1) is 13.7. The van der Waals surface area contributed by atoms with Gasteiger partial charge in [-0.05, 0) is 56.7 Å². The Hall–Kier alpha value is -2.14. The molecule has 0 radical (unpaired) electrons. The van der Waals surface area contributed by atoms with Crippen molar-refractivity contribution in [3.05, 3.63) is 36.4 Å². The van der Waals surface area contributed by atoms with E-state index in [9.17, 15) is 4.79 Å². The van der Waals surface area contributed by atoms with Gasteiger partial charge in [-0.1, -0.05) is 25.1 Å². The first-order valence-corrected chi connectivity index (χ1v) is 10.6. The van der Waals surface area contributed by atoms with Crippen LogP contribution in [0, 0.1) is 5.92 Å². The van der Waals surface area contributed by atoms with Gasteiger partial charge >= 0.3 is 0 Å². The molecule has 1 atom stereocenters. The summed E-state index contributed by atoms with van der Waals surface area (Å²) in [5, 5.41) is 1.22. The van der Waals surface area contributed by atoms with E-state index in [-0.39, 0.29) is 0 Å². The lowest BCUT2D eigenvalue weighted by Crippen LogP contribution is -2.38. The monoisotopic (exact) mass is 383 g/mol. The maximum Gasteiger partial charge on any atom is 0.209 e. The minimum absolute atomic E-state index is 0.422. The summed E-state index contributed by atoms with van der Waals surface area (Å²) in [5.41, 5.74) is 1.10. The fourth-order valence-electron chi connectivity index (χ4n) is 4.06. The highest BCUT2D eigenvalue weighted by atomic mass is 16.5. The van der Waals surface area contributed by atoms with Crippen molar-refractivity contribution < 1.29 is 9.53 Å². The lowest BCUT2D eigenvalue weighted by Gasteiger charge is -2.31. The average Bonchev–Trinajstić information content (AvgIpc) is 2.75. The molecule has 5 nitrogen and oxygen atoms in total. The van der Waals surface area contributed by atoms with E-state index in [1.165, 1.54) is 18.2 Å². The summed E-state index contributed by atoms with van der Waals surface area (Å²) in [5.74, 6) is 1.92. The number of hydrogen-bond acceptors (Lipinski definition) is 4. The van der Waals surface area contributed by atoms with Crippen LogP contribution in [-0.4, -0.2) is 55.2 Å². The van der Waals surface area contributed by atoms with E-state index in [1.807, 2.05) is 11.8 Å². The fraction of sp³-hybridized carbons (Fsp3) is 0.565. The number of hydrogen-bond donors (Lipinski definition) is 0. The van der Waals surface area contributed by atoms with Gasteiger partial charge in [0.15, 0.2) is 0 Å². The summed E-state index contributed by atoms with van der Waals surface area (Å²) in [4.78, 5) is 19.5. The van der Waals surface area contributed by atoms with E-state index in [4.69, 9.17) is 9.72 Å². The number of fused-ring (bicyclic) bond motifs is 1. The highest BCUT2D eigenvalue weighted by Gasteiger charge is 2.18. The molecule has 152 valence electrons. The van der Waals surface area contributed by atoms with Crippen LogP contribution < -0.4 is 4.90 Å². The highest BCUT2D eigenvalue weighted by Crippen LogP contribution is 2.23. The Morgan fingerprint density at radius 2 is 1.96 bits per heavy atom. The van der Waals surface area contributed by atoms with Crippen molar-refractivity contribution in [2.24, 2.45) is 5.92 Å². The van der Waals surface area contributed by atoms with Gasteiger partial charge in [-0.25, -0.2) is 4.98 Å². The molecule has 28 heavy (non-hydrogen) atoms. The summed E-state index contributed by atoms with van der Waals surface area (Å²) in [7, 11) is 0. The number of piperidine rings is 1. The normalized spacial score (nSPS) is 20.4. The third-order valence-corrected chi connectivity index (χ3v) is 5.73. The van der Waals surface area contributed by atoms with E-state index in [1.54, 1.807) is 0 Å². The van der Waals surface area contributed by atoms with Crippen LogP contribution in [0.3, 0.4) is 0 Å². The second-order valence-corrected chi connectivity index (χ2v) is 7.83. The van der Waals surface area contributed by atoms with Crippen LogP contribution in [-0.2, 0) is 9.53 Å². The number of rotatable bonds is 4. The molecule has 0 aliphatic carbocycles. The number of pyridine rings is 1. The zero-order valence-corrected chi connectivity index (χ0v) is 17.2. The summed E-state index contributed by atoms with van der Waals surface area (Å²) in [6.07, 6.45) is 5.56. The predicted molar refractivity (Wildman–Crippen MR) is 115 cm³/mol. The van der Waals surface area contributed by atoms with Gasteiger partial charge in [0.05, 0.1) is 5.52 Å². The third-order valence-electron chi connectivity index (χ3n) is 5.73. The quantitative estimate of drug-likeness (QED) is 0.745. The molecular formula is C23H33N3O2. The lowest BCUT2D eigenvalue weighted by molar-refractivity contribution is -0.121. The molecule has 2 fully saturated rings. The van der Waals surface area contributed by atoms with Gasteiger partial charge in [0.25, 0.3) is 0 Å². The fourth-order valence-corrected chi connectivity index (χ4v) is 4.06. The zero-order chi connectivity index (χ0) is 19.8. The standard InChI is InChI=1S/C15H18N2.C8H15NO2/c1-12-5-4-10-17(11-12)15-9-8-13-6-2-3-7-14(13)16-15;1-2-9(7-10)8-3-5-11-6-4-8/h2-3,6-9,12H,4-5,10-11H2,1H3;7-8H,2-6H2,1H3. The molecule has 0 spiro atoms. The SMILES string of the molecule is CC1CCCN(c2ccc3ccccc3n2)C1.CCN(C=O)C1CCOCC1. The predicted octanol–water partition coefficient (Wildman–Crippen LogP) is 4.11. The summed E-state index contributed by atoms with van der Waals surface area (Å²) in [6, 6.07) is 13.1. The molecule has 0 saturated carbocycles. The van der Waals surface area contributed by atoms with E-state index in [0.29, 0.717) is 6.04 Å². The van der Waals surface area contributed by atoms with E-state index < -0.39 is 0 Å². The van der Waals surface area contributed by atoms with Gasteiger partial charge in [0.1, 0.15) is 5.82 Å². The number of ether oxygens (including phenoxy) is 1. The molecule has 0 bridgehead atoms. The number of amides is 1. The molecule has 2 saturated heterocycles. The van der Waals surface area contributed by atoms with Crippen LogP contribution in [0.4, 0.5) is 5.82 Å². The second kappa shape index (κ2) is 10.4. The van der Waals surface area contributed by atoms with Crippen LogP contribution in [0.15, 0.2) is 36.4 Å². The number of carbonyl (C=O) groups excluding carboxylic acids is 1. The van der Waals surface area contributed by atoms with Gasteiger partial charge in [0.2, 0.25) is 6.41 Å². The van der Waals surface area contributed by atoms with Crippen LogP contribution in [0.5, 0.6) is 0 Å². The minimum atomic E-state index is 0.422. The van der Waals surface area contributed by atoms with Gasteiger partial charge in [-0.15, -0.1) is 0 Å². The molecule has 3 heterocycles. The van der Waals surface area contributed by atoms with Crippen LogP contribution in [0.2, 0.25) is 0 Å². The summed E-state index contributed by atoms with van der Waals surface area (Å²) < 4.78 is 5.20. The molecule has 0 N–H and O–H groups in total. The molecule has 2 aliphatic rings. The maximum absolute atomic E-state index is 10.5. The van der Waals surface area contributed by atoms with Gasteiger partial charge in [0, 0.05) is 44.3 Å². The average molecular weight is 384 g/mol. The maximum atomic E-state index is 10.5. The van der Waals surface area contributed by atoms with Gasteiger partial charge < -0.3 is 14.5 Å². The first kappa shape index (κ1) is 20.6. The Kier molecular flexibility index (Phi) is 7.66. The Labute approximate surface area is 168 Å². The topological polar surface area (TPSA) is 45.7 Å². The zero-order valence-electron chi connectivity index (χ0n) is 17.2. The number of nitrogens with zero attached hydrogens (tertiary/aromatic N) is 3. The molecule has 2 aromatic rings. The van der Waals surface area contributed by atoms with E-state index in [0.717, 1.165) is 69.4 Å². The van der Waals surface area contributed by atoms with Gasteiger partial charge in [-0.2, -0.15) is 0 Å². The Balaban J connectivity index is 0.000000178. The molecular weight excluding hydrogens is 350 g/mol. The Bertz CT molecular complexity index is 745. The van der Waals surface area contributed by atoms with Crippen LogP contribution in [0.1, 0.15) is 39.5 Å². The van der Waals surface area contributed by atoms with Crippen molar-refractivity contribution in [2.75, 3.05) is 37.7 Å². The van der Waals surface area contributed by atoms with E-state index >= 15 is 0 Å². The smallest absolute Gasteiger partial charge is 0.209 e. The van der Waals surface area contributed by atoms with Crippen molar-refractivity contribution in [1.82, 2.24) is 9.88 Å². The molecule has 4 rings (SSSR count). The molecule has 1 unspecified atom stereocenters. The molecule has 5 heteroatoms. The largest absolute Gasteiger partial charge is 0.381 e. The molecule has 2 aliphatic heterocycles. The number of aromatic nitrogens is 1. The Morgan fingerprint density at radius 3 is 2.68 bits per heavy atom. The molecule has 1 aromatic heterocycles. The second-order valence-electron chi connectivity index (χ2n) is 7.83. The highest BCUT2D eigenvalue weighted by molar-refractivity contribution is 5.80. The van der Waals surface area contributed by atoms with Crippen molar-refractivity contribution in [2.45, 2.75) is 45.6 Å². The van der Waals surface area contributed by atoms with Crippen molar-refractivity contribution in [3.63, 3.8) is 0 Å². The van der Waals surface area contributed by atoms with Crippen LogP contribution in [0.25, 0.3) is 10.9 Å². The number of anilines is 1. The minimum Gasteiger partial charge on any atom is -0.381 e. The Morgan fingerprint density at radius 1 is 1.18 bits per heavy atom. The molecule has 1 amide bonds. The molecule has 1 aromatic carbocycles. The summed E-state index contributed by atoms with van der Waals surface area (Å²) in [6.45, 7) is 9.04. The third kappa shape index (κ3) is 5.44. The van der Waals surface area contributed by atoms with Gasteiger partial charge in [-0.3, -0.25) is 4.79 Å². The van der Waals surface area contributed by atoms with Crippen LogP contribution >= 0.6 is 0 Å². The summed E-state index contributed by atoms with van der Waals surface area (Å²) >= 11 is 0. The van der Waals surface area contributed by atoms with Crippen molar-refractivity contribution in [1.29, 1.82) is 0 Å². The van der Waals surface area contributed by atoms with E-state index in [2.05, 4.69) is 48.2 Å². The first-order valence-electron chi connectivity index (χ1n) is 10.6. The lowest BCUT2D eigenvalue weighted by atomic mass is 10.0. The van der Waals surface area contributed by atoms with Crippen molar-refractivity contribution in [3.8, 4) is 0 Å².